The van der Waals surface area contributed by atoms with Gasteiger partial charge in [0.15, 0.2) is 0 Å². The molecule has 1 unspecified atom stereocenters. The van der Waals surface area contributed by atoms with E-state index < -0.39 is 0 Å². The van der Waals surface area contributed by atoms with E-state index in [1.54, 1.807) is 13.0 Å². The number of benzene rings is 3. The normalized spacial score (nSPS) is 16.4. The number of carbonyl (C=O) groups excluding carboxylic acids is 2. The van der Waals surface area contributed by atoms with Gasteiger partial charge >= 0.3 is 5.97 Å². The van der Waals surface area contributed by atoms with Crippen LogP contribution in [0.4, 0.5) is 11.4 Å². The van der Waals surface area contributed by atoms with Crippen LogP contribution in [0.25, 0.3) is 0 Å². The zero-order chi connectivity index (χ0) is 22.7. The van der Waals surface area contributed by atoms with E-state index in [1.165, 1.54) is 0 Å². The maximum absolute atomic E-state index is 12.8. The summed E-state index contributed by atoms with van der Waals surface area (Å²) in [6.07, 6.45) is 0.799. The van der Waals surface area contributed by atoms with Crippen molar-refractivity contribution in [1.29, 1.82) is 0 Å². The fourth-order valence-corrected chi connectivity index (χ4v) is 4.28. The molecule has 164 valence electrons. The van der Waals surface area contributed by atoms with E-state index in [-0.39, 0.29) is 23.3 Å². The molecular weight excluding hydrogens is 400 g/mol. The lowest BCUT2D eigenvalue weighted by molar-refractivity contribution is 0.0526. The number of amides is 1. The first-order valence-corrected chi connectivity index (χ1v) is 10.9. The van der Waals surface area contributed by atoms with Crippen LogP contribution in [0.5, 0.6) is 0 Å². The van der Waals surface area contributed by atoms with Crippen LogP contribution in [0.2, 0.25) is 0 Å². The zero-order valence-electron chi connectivity index (χ0n) is 18.6. The van der Waals surface area contributed by atoms with E-state index in [0.717, 1.165) is 28.9 Å². The van der Waals surface area contributed by atoms with Crippen molar-refractivity contribution in [2.75, 3.05) is 17.2 Å². The van der Waals surface area contributed by atoms with Crippen molar-refractivity contribution in [1.82, 2.24) is 0 Å². The first-order valence-electron chi connectivity index (χ1n) is 10.9. The van der Waals surface area contributed by atoms with Crippen molar-refractivity contribution in [3.63, 3.8) is 0 Å². The largest absolute Gasteiger partial charge is 0.462 e. The topological polar surface area (TPSA) is 67.4 Å². The summed E-state index contributed by atoms with van der Waals surface area (Å²) in [6.45, 7) is 6.55. The SMILES string of the molecule is CCOC(=O)c1ccc2c(c1)CC(C)(C)C(c1cccc(C(=O)Nc3ccccc3)c1)N2. The number of esters is 1. The summed E-state index contributed by atoms with van der Waals surface area (Å²) in [4.78, 5) is 24.9. The summed E-state index contributed by atoms with van der Waals surface area (Å²) in [5, 5.41) is 6.58. The molecule has 0 saturated carbocycles. The van der Waals surface area contributed by atoms with Crippen molar-refractivity contribution in [2.24, 2.45) is 5.41 Å². The highest BCUT2D eigenvalue weighted by molar-refractivity contribution is 6.04. The molecule has 0 bridgehead atoms. The lowest BCUT2D eigenvalue weighted by Gasteiger charge is -2.41. The maximum Gasteiger partial charge on any atom is 0.338 e. The second-order valence-corrected chi connectivity index (χ2v) is 8.78. The van der Waals surface area contributed by atoms with Crippen molar-refractivity contribution in [3.05, 3.63) is 95.1 Å². The number of hydrogen-bond donors (Lipinski definition) is 2. The predicted molar refractivity (Wildman–Crippen MR) is 127 cm³/mol. The predicted octanol–water partition coefficient (Wildman–Crippen LogP) is 5.85. The second kappa shape index (κ2) is 8.87. The molecule has 1 aliphatic heterocycles. The average Bonchev–Trinajstić information content (AvgIpc) is 2.78. The van der Waals surface area contributed by atoms with Crippen LogP contribution in [0.1, 0.15) is 58.7 Å². The van der Waals surface area contributed by atoms with Gasteiger partial charge in [-0.3, -0.25) is 4.79 Å². The smallest absolute Gasteiger partial charge is 0.338 e. The summed E-state index contributed by atoms with van der Waals surface area (Å²) >= 11 is 0. The monoisotopic (exact) mass is 428 g/mol. The molecule has 32 heavy (non-hydrogen) atoms. The average molecular weight is 429 g/mol. The van der Waals surface area contributed by atoms with Crippen LogP contribution in [-0.2, 0) is 11.2 Å². The number of carbonyl (C=O) groups is 2. The molecule has 1 atom stereocenters. The second-order valence-electron chi connectivity index (χ2n) is 8.78. The number of anilines is 2. The van der Waals surface area contributed by atoms with Gasteiger partial charge in [0, 0.05) is 16.9 Å². The zero-order valence-corrected chi connectivity index (χ0v) is 18.6. The van der Waals surface area contributed by atoms with E-state index >= 15 is 0 Å². The molecule has 0 fully saturated rings. The van der Waals surface area contributed by atoms with Crippen molar-refractivity contribution >= 4 is 23.3 Å². The minimum Gasteiger partial charge on any atom is -0.462 e. The van der Waals surface area contributed by atoms with Crippen molar-refractivity contribution in [3.8, 4) is 0 Å². The fraction of sp³-hybridized carbons (Fsp3) is 0.259. The molecule has 2 N–H and O–H groups in total. The molecule has 3 aromatic carbocycles. The Balaban J connectivity index is 1.58. The molecule has 1 heterocycles. The van der Waals surface area contributed by atoms with Crippen LogP contribution in [0.3, 0.4) is 0 Å². The third-order valence-electron chi connectivity index (χ3n) is 5.86. The molecular formula is C27H28N2O3. The number of nitrogens with one attached hydrogen (secondary N) is 2. The summed E-state index contributed by atoms with van der Waals surface area (Å²) in [5.74, 6) is -0.432. The Kier molecular flexibility index (Phi) is 5.99. The molecule has 5 nitrogen and oxygen atoms in total. The van der Waals surface area contributed by atoms with Gasteiger partial charge in [-0.25, -0.2) is 4.79 Å². The Morgan fingerprint density at radius 3 is 2.53 bits per heavy atom. The third-order valence-corrected chi connectivity index (χ3v) is 5.86. The maximum atomic E-state index is 12.8. The van der Waals surface area contributed by atoms with Gasteiger partial charge in [-0.15, -0.1) is 0 Å². The van der Waals surface area contributed by atoms with Gasteiger partial charge in [0.2, 0.25) is 0 Å². The Morgan fingerprint density at radius 2 is 1.78 bits per heavy atom. The first-order chi connectivity index (χ1) is 15.4. The molecule has 1 amide bonds. The molecule has 0 saturated heterocycles. The number of hydrogen-bond acceptors (Lipinski definition) is 4. The summed E-state index contributed by atoms with van der Waals surface area (Å²) in [7, 11) is 0. The van der Waals surface area contributed by atoms with Gasteiger partial charge in [-0.1, -0.05) is 44.2 Å². The highest BCUT2D eigenvalue weighted by atomic mass is 16.5. The summed E-state index contributed by atoms with van der Waals surface area (Å²) in [6, 6.07) is 22.9. The molecule has 3 aromatic rings. The van der Waals surface area contributed by atoms with E-state index in [1.807, 2.05) is 60.7 Å². The molecule has 5 heteroatoms. The lowest BCUT2D eigenvalue weighted by atomic mass is 9.72. The minimum absolute atomic E-state index is 0.0212. The quantitative estimate of drug-likeness (QED) is 0.500. The highest BCUT2D eigenvalue weighted by Crippen LogP contribution is 2.45. The Morgan fingerprint density at radius 1 is 1.00 bits per heavy atom. The Bertz CT molecular complexity index is 1140. The van der Waals surface area contributed by atoms with E-state index in [9.17, 15) is 9.59 Å². The number of para-hydroxylation sites is 1. The van der Waals surface area contributed by atoms with Crippen molar-refractivity contribution < 1.29 is 14.3 Å². The lowest BCUT2D eigenvalue weighted by Crippen LogP contribution is -2.35. The van der Waals surface area contributed by atoms with Gasteiger partial charge < -0.3 is 15.4 Å². The van der Waals surface area contributed by atoms with Gasteiger partial charge in [-0.2, -0.15) is 0 Å². The number of rotatable bonds is 5. The molecule has 0 aromatic heterocycles. The molecule has 0 radical (unpaired) electrons. The van der Waals surface area contributed by atoms with Crippen LogP contribution in [0.15, 0.2) is 72.8 Å². The van der Waals surface area contributed by atoms with Gasteiger partial charge in [0.05, 0.1) is 18.2 Å². The van der Waals surface area contributed by atoms with Gasteiger partial charge in [0.1, 0.15) is 0 Å². The summed E-state index contributed by atoms with van der Waals surface area (Å²) in [5.41, 5.74) is 4.97. The number of fused-ring (bicyclic) bond motifs is 1. The molecule has 0 aliphatic carbocycles. The molecule has 0 spiro atoms. The third kappa shape index (κ3) is 4.52. The first kappa shape index (κ1) is 21.6. The fourth-order valence-electron chi connectivity index (χ4n) is 4.28. The molecule has 1 aliphatic rings. The highest BCUT2D eigenvalue weighted by Gasteiger charge is 2.36. The Hall–Kier alpha value is -3.60. The minimum atomic E-state index is -0.299. The van der Waals surface area contributed by atoms with E-state index in [0.29, 0.717) is 17.7 Å². The Labute approximate surface area is 188 Å². The van der Waals surface area contributed by atoms with E-state index in [4.69, 9.17) is 4.74 Å². The van der Waals surface area contributed by atoms with E-state index in [2.05, 4.69) is 30.5 Å². The number of ether oxygens (including phenoxy) is 1. The van der Waals surface area contributed by atoms with Crippen molar-refractivity contribution in [2.45, 2.75) is 33.2 Å². The molecule has 4 rings (SSSR count). The standard InChI is InChI=1S/C27H28N2O3/c1-4-32-26(31)20-13-14-23-21(16-20)17-27(2,3)24(29-23)18-9-8-10-19(15-18)25(30)28-22-11-6-5-7-12-22/h5-16,24,29H,4,17H2,1-3H3,(H,28,30). The van der Waals surface area contributed by atoms with Crippen LogP contribution >= 0.6 is 0 Å². The van der Waals surface area contributed by atoms with Gasteiger partial charge in [-0.05, 0) is 72.4 Å². The van der Waals surface area contributed by atoms with Gasteiger partial charge in [0.25, 0.3) is 5.91 Å². The summed E-state index contributed by atoms with van der Waals surface area (Å²) < 4.78 is 5.14. The van der Waals surface area contributed by atoms with Crippen LogP contribution in [0, 0.1) is 5.41 Å². The van der Waals surface area contributed by atoms with Crippen LogP contribution in [-0.4, -0.2) is 18.5 Å². The van der Waals surface area contributed by atoms with Crippen LogP contribution < -0.4 is 10.6 Å².